The first-order chi connectivity index (χ1) is 12.8. The van der Waals surface area contributed by atoms with E-state index in [2.05, 4.69) is 9.97 Å². The fourth-order valence-electron chi connectivity index (χ4n) is 2.44. The Balaban J connectivity index is 2.02. The van der Waals surface area contributed by atoms with Gasteiger partial charge in [0.1, 0.15) is 6.10 Å². The maximum absolute atomic E-state index is 12.5. The SMILES string of the molecule is O=C(c1nc2ccc([N+](=O)[O-])cc2[nH]c1=O)[C@@H](O)c1cccc([N+](=O)[O-])c1. The van der Waals surface area contributed by atoms with E-state index in [-0.39, 0.29) is 28.0 Å². The monoisotopic (exact) mass is 370 g/mol. The molecule has 0 aliphatic carbocycles. The molecule has 2 aromatic carbocycles. The number of benzene rings is 2. The van der Waals surface area contributed by atoms with E-state index in [0.29, 0.717) is 0 Å². The molecule has 1 heterocycles. The Labute approximate surface area is 149 Å². The fourth-order valence-corrected chi connectivity index (χ4v) is 2.44. The van der Waals surface area contributed by atoms with Crippen LogP contribution in [0.2, 0.25) is 0 Å². The van der Waals surface area contributed by atoms with Gasteiger partial charge in [-0.3, -0.25) is 29.8 Å². The number of nitrogens with zero attached hydrogens (tertiary/aromatic N) is 3. The van der Waals surface area contributed by atoms with Crippen LogP contribution < -0.4 is 5.56 Å². The number of carbonyl (C=O) groups is 1. The normalized spacial score (nSPS) is 11.9. The highest BCUT2D eigenvalue weighted by Crippen LogP contribution is 2.22. The standard InChI is InChI=1S/C16H10N4O7/c21-14(8-2-1-3-9(6-8)19(24)25)15(22)13-16(23)18-12-7-10(20(26)27)4-5-11(12)17-13/h1-7,14,21H,(H,18,23)/t14-/m0/s1. The zero-order chi connectivity index (χ0) is 19.7. The van der Waals surface area contributed by atoms with Crippen molar-refractivity contribution in [3.63, 3.8) is 0 Å². The molecule has 11 nitrogen and oxygen atoms in total. The van der Waals surface area contributed by atoms with Gasteiger partial charge in [-0.2, -0.15) is 0 Å². The van der Waals surface area contributed by atoms with E-state index >= 15 is 0 Å². The number of nitro benzene ring substituents is 2. The minimum absolute atomic E-state index is 0.0515. The third-order valence-corrected chi connectivity index (χ3v) is 3.76. The van der Waals surface area contributed by atoms with Gasteiger partial charge >= 0.3 is 0 Å². The minimum atomic E-state index is -1.84. The molecule has 27 heavy (non-hydrogen) atoms. The van der Waals surface area contributed by atoms with Gasteiger partial charge in [0.15, 0.2) is 5.69 Å². The van der Waals surface area contributed by atoms with Gasteiger partial charge in [0.05, 0.1) is 20.9 Å². The molecular formula is C16H10N4O7. The van der Waals surface area contributed by atoms with Gasteiger partial charge in [-0.25, -0.2) is 4.98 Å². The summed E-state index contributed by atoms with van der Waals surface area (Å²) in [6, 6.07) is 8.29. The molecule has 1 atom stereocenters. The second kappa shape index (κ2) is 6.72. The van der Waals surface area contributed by atoms with E-state index in [1.807, 2.05) is 0 Å². The summed E-state index contributed by atoms with van der Waals surface area (Å²) in [5.41, 5.74) is -2.07. The third-order valence-electron chi connectivity index (χ3n) is 3.76. The molecule has 0 saturated heterocycles. The largest absolute Gasteiger partial charge is 0.380 e. The van der Waals surface area contributed by atoms with E-state index in [9.17, 15) is 34.9 Å². The number of hydrogen-bond acceptors (Lipinski definition) is 8. The number of rotatable bonds is 5. The van der Waals surface area contributed by atoms with Crippen LogP contribution in [0.15, 0.2) is 47.3 Å². The number of nitro groups is 2. The number of aliphatic hydroxyl groups excluding tert-OH is 1. The quantitative estimate of drug-likeness (QED) is 0.388. The molecule has 0 bridgehead atoms. The molecule has 0 aliphatic rings. The van der Waals surface area contributed by atoms with Crippen LogP contribution in [0.4, 0.5) is 11.4 Å². The molecule has 0 amide bonds. The summed E-state index contributed by atoms with van der Waals surface area (Å²) in [4.78, 5) is 51.0. The Morgan fingerprint density at radius 1 is 1.07 bits per heavy atom. The first-order valence-electron chi connectivity index (χ1n) is 7.43. The summed E-state index contributed by atoms with van der Waals surface area (Å²) >= 11 is 0. The van der Waals surface area contributed by atoms with Crippen molar-refractivity contribution >= 4 is 28.2 Å². The number of aromatic nitrogens is 2. The average molecular weight is 370 g/mol. The molecule has 0 spiro atoms. The maximum Gasteiger partial charge on any atom is 0.278 e. The molecule has 11 heteroatoms. The van der Waals surface area contributed by atoms with Gasteiger partial charge in [-0.1, -0.05) is 12.1 Å². The van der Waals surface area contributed by atoms with Crippen LogP contribution in [0, 0.1) is 20.2 Å². The lowest BCUT2D eigenvalue weighted by Gasteiger charge is -2.09. The number of ketones is 1. The average Bonchev–Trinajstić information content (AvgIpc) is 2.65. The van der Waals surface area contributed by atoms with E-state index in [4.69, 9.17) is 0 Å². The summed E-state index contributed by atoms with van der Waals surface area (Å²) < 4.78 is 0. The van der Waals surface area contributed by atoms with Crippen molar-refractivity contribution in [2.45, 2.75) is 6.10 Å². The number of aromatic amines is 1. The van der Waals surface area contributed by atoms with E-state index in [1.54, 1.807) is 0 Å². The van der Waals surface area contributed by atoms with Crippen molar-refractivity contribution in [2.24, 2.45) is 0 Å². The van der Waals surface area contributed by atoms with Crippen molar-refractivity contribution in [3.05, 3.63) is 84.3 Å². The van der Waals surface area contributed by atoms with Gasteiger partial charge in [0.2, 0.25) is 5.78 Å². The van der Waals surface area contributed by atoms with Crippen LogP contribution in [0.5, 0.6) is 0 Å². The van der Waals surface area contributed by atoms with Crippen molar-refractivity contribution in [1.82, 2.24) is 9.97 Å². The zero-order valence-corrected chi connectivity index (χ0v) is 13.4. The van der Waals surface area contributed by atoms with Crippen LogP contribution in [0.25, 0.3) is 11.0 Å². The Kier molecular flexibility index (Phi) is 4.44. The van der Waals surface area contributed by atoms with Crippen LogP contribution in [-0.4, -0.2) is 30.7 Å². The zero-order valence-electron chi connectivity index (χ0n) is 13.4. The summed E-state index contributed by atoms with van der Waals surface area (Å²) in [7, 11) is 0. The number of H-pyrrole nitrogens is 1. The van der Waals surface area contributed by atoms with Crippen LogP contribution in [0.3, 0.4) is 0 Å². The van der Waals surface area contributed by atoms with Crippen molar-refractivity contribution < 1.29 is 19.7 Å². The number of fused-ring (bicyclic) bond motifs is 1. The van der Waals surface area contributed by atoms with Crippen LogP contribution in [-0.2, 0) is 0 Å². The first-order valence-corrected chi connectivity index (χ1v) is 7.43. The van der Waals surface area contributed by atoms with Gasteiger partial charge < -0.3 is 10.1 Å². The van der Waals surface area contributed by atoms with Crippen molar-refractivity contribution in [2.75, 3.05) is 0 Å². The second-order valence-corrected chi connectivity index (χ2v) is 5.49. The lowest BCUT2D eigenvalue weighted by Crippen LogP contribution is -2.24. The van der Waals surface area contributed by atoms with Gasteiger partial charge in [0.25, 0.3) is 16.9 Å². The molecule has 0 radical (unpaired) electrons. The molecule has 0 unspecified atom stereocenters. The van der Waals surface area contributed by atoms with Gasteiger partial charge in [0, 0.05) is 24.3 Å². The predicted molar refractivity (Wildman–Crippen MR) is 91.4 cm³/mol. The predicted octanol–water partition coefficient (Wildman–Crippen LogP) is 1.66. The molecule has 0 saturated carbocycles. The topological polar surface area (TPSA) is 169 Å². The molecule has 3 rings (SSSR count). The van der Waals surface area contributed by atoms with Gasteiger partial charge in [-0.05, 0) is 11.6 Å². The van der Waals surface area contributed by atoms with Crippen molar-refractivity contribution in [3.8, 4) is 0 Å². The highest BCUT2D eigenvalue weighted by molar-refractivity contribution is 5.99. The molecule has 0 aliphatic heterocycles. The maximum atomic E-state index is 12.5. The summed E-state index contributed by atoms with van der Waals surface area (Å²) in [5.74, 6) is -1.06. The van der Waals surface area contributed by atoms with E-state index in [0.717, 1.165) is 18.2 Å². The lowest BCUT2D eigenvalue weighted by molar-refractivity contribution is -0.385. The smallest absolute Gasteiger partial charge is 0.278 e. The summed E-state index contributed by atoms with van der Waals surface area (Å²) in [5, 5.41) is 31.8. The molecule has 3 aromatic rings. The number of carbonyl (C=O) groups excluding carboxylic acids is 1. The summed E-state index contributed by atoms with van der Waals surface area (Å²) in [6.07, 6.45) is -1.84. The highest BCUT2D eigenvalue weighted by Gasteiger charge is 2.25. The minimum Gasteiger partial charge on any atom is -0.380 e. The lowest BCUT2D eigenvalue weighted by atomic mass is 10.0. The Morgan fingerprint density at radius 2 is 1.74 bits per heavy atom. The Bertz CT molecular complexity index is 1150. The molecule has 1 aromatic heterocycles. The molecule has 136 valence electrons. The number of nitrogens with one attached hydrogen (secondary N) is 1. The first kappa shape index (κ1) is 17.8. The number of aliphatic hydroxyl groups is 1. The number of Topliss-reactive ketones (excluding diaryl/α,β-unsaturated/α-hetero) is 1. The summed E-state index contributed by atoms with van der Waals surface area (Å²) in [6.45, 7) is 0. The van der Waals surface area contributed by atoms with E-state index < -0.39 is 33.0 Å². The molecule has 2 N–H and O–H groups in total. The molecule has 0 fully saturated rings. The third kappa shape index (κ3) is 3.39. The Hall–Kier alpha value is -3.99. The highest BCUT2D eigenvalue weighted by atomic mass is 16.6. The number of hydrogen-bond donors (Lipinski definition) is 2. The fraction of sp³-hybridized carbons (Fsp3) is 0.0625. The molecular weight excluding hydrogens is 360 g/mol. The van der Waals surface area contributed by atoms with E-state index in [1.165, 1.54) is 24.3 Å². The van der Waals surface area contributed by atoms with Crippen LogP contribution >= 0.6 is 0 Å². The Morgan fingerprint density at radius 3 is 2.41 bits per heavy atom. The van der Waals surface area contributed by atoms with Crippen LogP contribution in [0.1, 0.15) is 22.2 Å². The van der Waals surface area contributed by atoms with Gasteiger partial charge in [-0.15, -0.1) is 0 Å². The number of non-ortho nitro benzene ring substituents is 2. The van der Waals surface area contributed by atoms with Crippen molar-refractivity contribution in [1.29, 1.82) is 0 Å². The second-order valence-electron chi connectivity index (χ2n) is 5.49.